The van der Waals surface area contributed by atoms with Gasteiger partial charge in [-0.15, -0.1) is 16.4 Å². The maximum Gasteiger partial charge on any atom is 0.247 e. The van der Waals surface area contributed by atoms with Crippen molar-refractivity contribution in [3.8, 4) is 11.3 Å². The molecule has 0 saturated heterocycles. The molecule has 0 spiro atoms. The van der Waals surface area contributed by atoms with E-state index in [9.17, 15) is 9.59 Å². The number of anilines is 2. The monoisotopic (exact) mass is 601 g/mol. The number of fused-ring (bicyclic) bond motifs is 1. The van der Waals surface area contributed by atoms with Gasteiger partial charge < -0.3 is 15.1 Å². The van der Waals surface area contributed by atoms with Gasteiger partial charge in [-0.05, 0) is 54.4 Å². The van der Waals surface area contributed by atoms with Gasteiger partial charge in [-0.25, -0.2) is 9.67 Å². The summed E-state index contributed by atoms with van der Waals surface area (Å²) in [5, 5.41) is 14.7. The molecule has 0 fully saturated rings. The minimum absolute atomic E-state index is 0.0655. The minimum atomic E-state index is -0.760. The fourth-order valence-corrected chi connectivity index (χ4v) is 5.67. The fraction of sp³-hybridized carbons (Fsp3) is 0.258. The first kappa shape index (κ1) is 29.2. The first-order valence-electron chi connectivity index (χ1n) is 13.6. The number of amides is 2. The summed E-state index contributed by atoms with van der Waals surface area (Å²) < 4.78 is 1.57. The summed E-state index contributed by atoms with van der Waals surface area (Å²) >= 11 is 7.51. The predicted molar refractivity (Wildman–Crippen MR) is 169 cm³/mol. The lowest BCUT2D eigenvalue weighted by Crippen LogP contribution is -2.50. The van der Waals surface area contributed by atoms with Crippen LogP contribution in [0.3, 0.4) is 0 Å². The third kappa shape index (κ3) is 6.61. The molecule has 0 aliphatic rings. The molecule has 0 aliphatic carbocycles. The Bertz CT molecular complexity index is 1680. The zero-order chi connectivity index (χ0) is 29.8. The predicted octanol–water partition coefficient (Wildman–Crippen LogP) is 5.97. The second kappa shape index (κ2) is 12.7. The highest BCUT2D eigenvalue weighted by atomic mass is 35.5. The smallest absolute Gasteiger partial charge is 0.247 e. The number of nitrogens with one attached hydrogen (secondary N) is 1. The number of para-hydroxylation sites is 1. The summed E-state index contributed by atoms with van der Waals surface area (Å²) in [5.41, 5.74) is 4.83. The molecule has 11 heteroatoms. The number of halogens is 1. The summed E-state index contributed by atoms with van der Waals surface area (Å²) in [6, 6.07) is 21.8. The molecule has 1 atom stereocenters. The summed E-state index contributed by atoms with van der Waals surface area (Å²) in [7, 11) is 3.92. The molecule has 0 radical (unpaired) electrons. The van der Waals surface area contributed by atoms with Crippen molar-refractivity contribution in [2.75, 3.05) is 24.3 Å². The van der Waals surface area contributed by atoms with Crippen LogP contribution >= 0.6 is 22.9 Å². The van der Waals surface area contributed by atoms with Crippen molar-refractivity contribution in [3.63, 3.8) is 0 Å². The van der Waals surface area contributed by atoms with Crippen molar-refractivity contribution in [2.45, 2.75) is 33.0 Å². The molecule has 216 valence electrons. The van der Waals surface area contributed by atoms with E-state index >= 15 is 0 Å². The Morgan fingerprint density at radius 3 is 2.40 bits per heavy atom. The minimum Gasteiger partial charge on any atom is -0.378 e. The largest absolute Gasteiger partial charge is 0.378 e. The molecule has 0 saturated carbocycles. The van der Waals surface area contributed by atoms with Crippen molar-refractivity contribution in [3.05, 3.63) is 88.2 Å². The molecule has 0 bridgehead atoms. The van der Waals surface area contributed by atoms with Crippen molar-refractivity contribution < 1.29 is 9.59 Å². The lowest BCUT2D eigenvalue weighted by molar-refractivity contribution is -0.141. The van der Waals surface area contributed by atoms with E-state index < -0.39 is 6.04 Å². The highest BCUT2D eigenvalue weighted by Gasteiger charge is 2.34. The Kier molecular flexibility index (Phi) is 8.84. The highest BCUT2D eigenvalue weighted by Crippen LogP contribution is 2.26. The van der Waals surface area contributed by atoms with Gasteiger partial charge in [0.25, 0.3) is 0 Å². The van der Waals surface area contributed by atoms with Gasteiger partial charge in [0.05, 0.1) is 17.8 Å². The molecule has 2 heterocycles. The van der Waals surface area contributed by atoms with Gasteiger partial charge >= 0.3 is 0 Å². The van der Waals surface area contributed by atoms with Crippen LogP contribution in [-0.2, 0) is 22.7 Å². The average Bonchev–Trinajstić information content (AvgIpc) is 3.60. The van der Waals surface area contributed by atoms with E-state index in [1.807, 2.05) is 111 Å². The molecule has 0 aliphatic heterocycles. The Balaban J connectivity index is 1.44. The van der Waals surface area contributed by atoms with Gasteiger partial charge in [0, 0.05) is 41.4 Å². The number of hydrogen-bond acceptors (Lipinski definition) is 7. The van der Waals surface area contributed by atoms with Crippen LogP contribution in [0.1, 0.15) is 18.9 Å². The van der Waals surface area contributed by atoms with Crippen LogP contribution in [0, 0.1) is 5.92 Å². The number of carbonyl (C=O) groups excluding carboxylic acids is 2. The number of hydrogen-bond donors (Lipinski definition) is 1. The molecule has 3 aromatic carbocycles. The third-order valence-electron chi connectivity index (χ3n) is 6.91. The molecular weight excluding hydrogens is 570 g/mol. The molecule has 5 rings (SSSR count). The van der Waals surface area contributed by atoms with E-state index in [2.05, 4.69) is 15.6 Å². The second-order valence-corrected chi connectivity index (χ2v) is 11.9. The Hall–Kier alpha value is -4.28. The SMILES string of the molecule is CC(C)C(C(=O)Nc1ccc(N(C)C)cc1)N(Cc1nc(-c2ccc(Cl)cc2)cs1)C(=O)Cn1nnc2ccccc21. The number of rotatable bonds is 10. The lowest BCUT2D eigenvalue weighted by atomic mass is 10.0. The summed E-state index contributed by atoms with van der Waals surface area (Å²) in [6.45, 7) is 3.97. The van der Waals surface area contributed by atoms with Crippen molar-refractivity contribution in [1.29, 1.82) is 0 Å². The summed E-state index contributed by atoms with van der Waals surface area (Å²) in [6.07, 6.45) is 0. The van der Waals surface area contributed by atoms with Gasteiger partial charge in [0.1, 0.15) is 23.1 Å². The van der Waals surface area contributed by atoms with Crippen LogP contribution in [0.2, 0.25) is 5.02 Å². The highest BCUT2D eigenvalue weighted by molar-refractivity contribution is 7.09. The molecule has 42 heavy (non-hydrogen) atoms. The first-order valence-corrected chi connectivity index (χ1v) is 14.8. The fourth-order valence-electron chi connectivity index (χ4n) is 4.74. The van der Waals surface area contributed by atoms with Gasteiger partial charge in [0.15, 0.2) is 0 Å². The number of nitrogens with zero attached hydrogens (tertiary/aromatic N) is 6. The van der Waals surface area contributed by atoms with E-state index in [1.165, 1.54) is 11.3 Å². The van der Waals surface area contributed by atoms with Crippen molar-refractivity contribution in [2.24, 2.45) is 5.92 Å². The maximum absolute atomic E-state index is 14.0. The first-order chi connectivity index (χ1) is 20.2. The Morgan fingerprint density at radius 1 is 1.00 bits per heavy atom. The van der Waals surface area contributed by atoms with Crippen LogP contribution in [0.25, 0.3) is 22.3 Å². The van der Waals surface area contributed by atoms with E-state index in [0.717, 1.165) is 22.5 Å². The van der Waals surface area contributed by atoms with E-state index in [4.69, 9.17) is 16.6 Å². The van der Waals surface area contributed by atoms with Gasteiger partial charge in [-0.1, -0.05) is 54.9 Å². The molecule has 9 nitrogen and oxygen atoms in total. The van der Waals surface area contributed by atoms with E-state index in [0.29, 0.717) is 21.2 Å². The number of thiazole rings is 1. The second-order valence-electron chi connectivity index (χ2n) is 10.5. The summed E-state index contributed by atoms with van der Waals surface area (Å²) in [4.78, 5) is 36.2. The Morgan fingerprint density at radius 2 is 1.71 bits per heavy atom. The topological polar surface area (TPSA) is 96.2 Å². The van der Waals surface area contributed by atoms with Gasteiger partial charge in [0.2, 0.25) is 11.8 Å². The van der Waals surface area contributed by atoms with Crippen LogP contribution in [0.15, 0.2) is 78.2 Å². The maximum atomic E-state index is 14.0. The zero-order valence-electron chi connectivity index (χ0n) is 23.9. The van der Waals surface area contributed by atoms with E-state index in [-0.39, 0.29) is 30.8 Å². The number of carbonyl (C=O) groups is 2. The van der Waals surface area contributed by atoms with Gasteiger partial charge in [-0.3, -0.25) is 9.59 Å². The summed E-state index contributed by atoms with van der Waals surface area (Å²) in [5.74, 6) is -0.710. The van der Waals surface area contributed by atoms with Gasteiger partial charge in [-0.2, -0.15) is 0 Å². The van der Waals surface area contributed by atoms with Crippen LogP contribution in [-0.4, -0.2) is 56.8 Å². The standard InChI is InChI=1S/C31H32ClN7O2S/c1-20(2)30(31(41)33-23-13-15-24(16-14-23)37(3)4)38(29(40)18-39-27-8-6-5-7-25(27)35-36-39)17-28-34-26(19-42-28)21-9-11-22(32)12-10-21/h5-16,19-20,30H,17-18H2,1-4H3,(H,33,41). The molecule has 2 aromatic heterocycles. The van der Waals surface area contributed by atoms with Crippen LogP contribution in [0.4, 0.5) is 11.4 Å². The number of aromatic nitrogens is 4. The third-order valence-corrected chi connectivity index (χ3v) is 8.00. The van der Waals surface area contributed by atoms with Crippen LogP contribution in [0.5, 0.6) is 0 Å². The van der Waals surface area contributed by atoms with Crippen molar-refractivity contribution >= 4 is 57.2 Å². The van der Waals surface area contributed by atoms with Crippen molar-refractivity contribution in [1.82, 2.24) is 24.9 Å². The normalized spacial score (nSPS) is 12.0. The molecule has 1 N–H and O–H groups in total. The average molecular weight is 602 g/mol. The molecule has 2 amide bonds. The number of benzene rings is 3. The quantitative estimate of drug-likeness (QED) is 0.212. The van der Waals surface area contributed by atoms with Crippen LogP contribution < -0.4 is 10.2 Å². The molecular formula is C31H32ClN7O2S. The zero-order valence-corrected chi connectivity index (χ0v) is 25.4. The molecule has 5 aromatic rings. The lowest BCUT2D eigenvalue weighted by Gasteiger charge is -2.33. The van der Waals surface area contributed by atoms with E-state index in [1.54, 1.807) is 9.58 Å². The Labute approximate surface area is 253 Å². The molecule has 1 unspecified atom stereocenters.